The number of H-pyrrole nitrogens is 2. The Morgan fingerprint density at radius 3 is 2.68 bits per heavy atom. The number of hydrogen-bond acceptors (Lipinski definition) is 5. The van der Waals surface area contributed by atoms with Crippen molar-refractivity contribution in [3.05, 3.63) is 32.1 Å². The highest BCUT2D eigenvalue weighted by Gasteiger charge is 2.52. The van der Waals surface area contributed by atoms with Crippen LogP contribution < -0.4 is 11.2 Å². The van der Waals surface area contributed by atoms with Gasteiger partial charge in [0.25, 0.3) is 5.56 Å². The average Bonchev–Trinajstić information content (AvgIpc) is 2.97. The Bertz CT molecular complexity index is 770. The molecule has 0 unspecified atom stereocenters. The van der Waals surface area contributed by atoms with Gasteiger partial charge < -0.3 is 19.4 Å². The zero-order chi connectivity index (χ0) is 18.2. The Morgan fingerprint density at radius 1 is 1.28 bits per heavy atom. The number of ether oxygens (including phenoxy) is 2. The molecule has 1 amide bonds. The van der Waals surface area contributed by atoms with Gasteiger partial charge in [-0.25, -0.2) is 4.79 Å². The lowest BCUT2D eigenvalue weighted by Gasteiger charge is -2.43. The highest BCUT2D eigenvalue weighted by Crippen LogP contribution is 2.43. The number of nitrogens with one attached hydrogen (secondary N) is 2. The zero-order valence-corrected chi connectivity index (χ0v) is 14.9. The number of carbonyl (C=O) groups is 1. The van der Waals surface area contributed by atoms with E-state index in [9.17, 15) is 14.4 Å². The Hall–Kier alpha value is -1.93. The van der Waals surface area contributed by atoms with E-state index in [0.29, 0.717) is 17.8 Å². The molecule has 2 heterocycles. The van der Waals surface area contributed by atoms with E-state index in [1.165, 1.54) is 0 Å². The van der Waals surface area contributed by atoms with Gasteiger partial charge in [0.2, 0.25) is 5.91 Å². The van der Waals surface area contributed by atoms with Crippen LogP contribution in [0.25, 0.3) is 0 Å². The fourth-order valence-electron chi connectivity index (χ4n) is 4.27. The first kappa shape index (κ1) is 17.9. The molecule has 0 aromatic carbocycles. The van der Waals surface area contributed by atoms with E-state index in [2.05, 4.69) is 9.97 Å². The second kappa shape index (κ2) is 6.76. The predicted octanol–water partition coefficient (Wildman–Crippen LogP) is 0.0991. The summed E-state index contributed by atoms with van der Waals surface area (Å²) >= 11 is 0. The van der Waals surface area contributed by atoms with Crippen molar-refractivity contribution in [2.75, 3.05) is 20.8 Å². The molecule has 1 aliphatic carbocycles. The first-order chi connectivity index (χ1) is 11.9. The quantitative estimate of drug-likeness (QED) is 0.800. The highest BCUT2D eigenvalue weighted by molar-refractivity contribution is 5.79. The van der Waals surface area contributed by atoms with Gasteiger partial charge in [-0.15, -0.1) is 0 Å². The van der Waals surface area contributed by atoms with Gasteiger partial charge in [0.05, 0.1) is 24.2 Å². The number of aromatic amines is 2. The first-order valence-corrected chi connectivity index (χ1v) is 8.59. The summed E-state index contributed by atoms with van der Waals surface area (Å²) in [7, 11) is 3.39. The summed E-state index contributed by atoms with van der Waals surface area (Å²) in [5.74, 6) is -0.124. The number of aryl methyl sites for hydroxylation is 1. The molecule has 138 valence electrons. The van der Waals surface area contributed by atoms with Crippen LogP contribution in [0.3, 0.4) is 0 Å². The summed E-state index contributed by atoms with van der Waals surface area (Å²) in [6.45, 7) is 2.23. The number of nitrogens with zero attached hydrogens (tertiary/aromatic N) is 1. The number of aromatic nitrogens is 2. The lowest BCUT2D eigenvalue weighted by Crippen LogP contribution is -2.53. The van der Waals surface area contributed by atoms with Gasteiger partial charge in [-0.3, -0.25) is 14.6 Å². The standard InChI is InChI=1S/C17H25N3O5/c1-10-12(15(22)19-16(23)18-10)9-14(21)20-7-6-17(25-3)5-4-11(24-2)8-13(17)20/h11,13H,4-9H2,1-3H3,(H2,18,19,22,23)/t11-,13-,17+/m0/s1. The molecule has 1 aliphatic heterocycles. The lowest BCUT2D eigenvalue weighted by molar-refractivity contribution is -0.140. The maximum absolute atomic E-state index is 12.9. The van der Waals surface area contributed by atoms with Crippen LogP contribution in [0, 0.1) is 6.92 Å². The average molecular weight is 351 g/mol. The molecule has 1 saturated carbocycles. The minimum absolute atomic E-state index is 0.0358. The molecule has 0 radical (unpaired) electrons. The van der Waals surface area contributed by atoms with Gasteiger partial charge in [-0.1, -0.05) is 0 Å². The topological polar surface area (TPSA) is 104 Å². The summed E-state index contributed by atoms with van der Waals surface area (Å²) in [6.07, 6.45) is 3.37. The Kier molecular flexibility index (Phi) is 4.83. The Morgan fingerprint density at radius 2 is 2.04 bits per heavy atom. The number of hydrogen-bond donors (Lipinski definition) is 2. The van der Waals surface area contributed by atoms with Gasteiger partial charge in [0, 0.05) is 32.0 Å². The van der Waals surface area contributed by atoms with E-state index in [-0.39, 0.29) is 30.1 Å². The Labute approximate surface area is 145 Å². The van der Waals surface area contributed by atoms with E-state index in [0.717, 1.165) is 25.7 Å². The monoisotopic (exact) mass is 351 g/mol. The van der Waals surface area contributed by atoms with Crippen LogP contribution in [0.5, 0.6) is 0 Å². The molecular weight excluding hydrogens is 326 g/mol. The summed E-state index contributed by atoms with van der Waals surface area (Å²) in [5, 5.41) is 0. The maximum Gasteiger partial charge on any atom is 0.325 e. The minimum atomic E-state index is -0.562. The molecule has 1 saturated heterocycles. The molecule has 0 spiro atoms. The van der Waals surface area contributed by atoms with Crippen LogP contribution in [-0.4, -0.2) is 59.3 Å². The van der Waals surface area contributed by atoms with E-state index >= 15 is 0 Å². The van der Waals surface area contributed by atoms with E-state index in [4.69, 9.17) is 9.47 Å². The van der Waals surface area contributed by atoms with Crippen LogP contribution >= 0.6 is 0 Å². The van der Waals surface area contributed by atoms with Crippen molar-refractivity contribution in [2.45, 2.75) is 56.8 Å². The second-order valence-electron chi connectivity index (χ2n) is 6.94. The van der Waals surface area contributed by atoms with Crippen LogP contribution in [0.2, 0.25) is 0 Å². The predicted molar refractivity (Wildman–Crippen MR) is 90.6 cm³/mol. The molecule has 8 heteroatoms. The van der Waals surface area contributed by atoms with Gasteiger partial charge >= 0.3 is 5.69 Å². The molecule has 1 aromatic heterocycles. The molecule has 2 fully saturated rings. The molecule has 2 N–H and O–H groups in total. The van der Waals surface area contributed by atoms with Crippen LogP contribution in [0.15, 0.2) is 9.59 Å². The lowest BCUT2D eigenvalue weighted by atomic mass is 9.79. The molecule has 3 atom stereocenters. The third kappa shape index (κ3) is 3.16. The van der Waals surface area contributed by atoms with Crippen molar-refractivity contribution in [3.63, 3.8) is 0 Å². The second-order valence-corrected chi connectivity index (χ2v) is 6.94. The molecule has 0 bridgehead atoms. The number of methoxy groups -OCH3 is 2. The third-order valence-corrected chi connectivity index (χ3v) is 5.78. The summed E-state index contributed by atoms with van der Waals surface area (Å²) in [5.41, 5.74) is -0.660. The third-order valence-electron chi connectivity index (χ3n) is 5.78. The highest BCUT2D eigenvalue weighted by atomic mass is 16.5. The normalized spacial score (nSPS) is 28.8. The fourth-order valence-corrected chi connectivity index (χ4v) is 4.27. The number of carbonyl (C=O) groups excluding carboxylic acids is 1. The van der Waals surface area contributed by atoms with Crippen LogP contribution in [0.4, 0.5) is 0 Å². The molecule has 8 nitrogen and oxygen atoms in total. The van der Waals surface area contributed by atoms with E-state index < -0.39 is 11.2 Å². The smallest absolute Gasteiger partial charge is 0.325 e. The number of likely N-dealkylation sites (tertiary alicyclic amines) is 1. The maximum atomic E-state index is 12.9. The van der Waals surface area contributed by atoms with Crippen molar-refractivity contribution in [1.82, 2.24) is 14.9 Å². The van der Waals surface area contributed by atoms with Gasteiger partial charge in [0.15, 0.2) is 0 Å². The minimum Gasteiger partial charge on any atom is -0.381 e. The van der Waals surface area contributed by atoms with Crippen molar-refractivity contribution < 1.29 is 14.3 Å². The van der Waals surface area contributed by atoms with Gasteiger partial charge in [0.1, 0.15) is 0 Å². The van der Waals surface area contributed by atoms with Crippen LogP contribution in [0.1, 0.15) is 36.9 Å². The molecule has 1 aromatic rings. The molecule has 25 heavy (non-hydrogen) atoms. The number of amides is 1. The zero-order valence-electron chi connectivity index (χ0n) is 14.9. The van der Waals surface area contributed by atoms with Crippen molar-refractivity contribution in [3.8, 4) is 0 Å². The summed E-state index contributed by atoms with van der Waals surface area (Å²) in [4.78, 5) is 42.8. The summed E-state index contributed by atoms with van der Waals surface area (Å²) in [6, 6.07) is -0.0501. The first-order valence-electron chi connectivity index (χ1n) is 8.59. The molecule has 3 rings (SSSR count). The summed E-state index contributed by atoms with van der Waals surface area (Å²) < 4.78 is 11.3. The largest absolute Gasteiger partial charge is 0.381 e. The SMILES string of the molecule is CO[C@H]1CC[C@@]2(OC)CCN(C(=O)Cc3c(C)[nH]c(=O)[nH]c3=O)[C@H]2C1. The van der Waals surface area contributed by atoms with Crippen molar-refractivity contribution >= 4 is 5.91 Å². The van der Waals surface area contributed by atoms with Crippen LogP contribution in [-0.2, 0) is 20.7 Å². The molecular formula is C17H25N3O5. The van der Waals surface area contributed by atoms with E-state index in [1.54, 1.807) is 21.1 Å². The fraction of sp³-hybridized carbons (Fsp3) is 0.706. The van der Waals surface area contributed by atoms with Gasteiger partial charge in [-0.05, 0) is 32.6 Å². The number of rotatable bonds is 4. The Balaban J connectivity index is 1.83. The van der Waals surface area contributed by atoms with Crippen molar-refractivity contribution in [2.24, 2.45) is 0 Å². The number of fused-ring (bicyclic) bond motifs is 1. The molecule has 2 aliphatic rings. The van der Waals surface area contributed by atoms with Gasteiger partial charge in [-0.2, -0.15) is 0 Å². The van der Waals surface area contributed by atoms with E-state index in [1.807, 2.05) is 4.90 Å². The van der Waals surface area contributed by atoms with Crippen molar-refractivity contribution in [1.29, 1.82) is 0 Å².